The maximum Gasteiger partial charge on any atom is 0.0415 e. The van der Waals surface area contributed by atoms with Gasteiger partial charge in [0, 0.05) is 10.9 Å². The lowest BCUT2D eigenvalue weighted by Gasteiger charge is -2.16. The Morgan fingerprint density at radius 2 is 2.33 bits per heavy atom. The first-order valence-corrected chi connectivity index (χ1v) is 6.96. The van der Waals surface area contributed by atoms with E-state index < -0.39 is 0 Å². The fraction of sp³-hybridized carbons (Fsp3) is 0.692. The minimum atomic E-state index is 0.598. The maximum absolute atomic E-state index is 3.47. The van der Waals surface area contributed by atoms with Crippen molar-refractivity contribution >= 4 is 11.3 Å². The first-order valence-electron chi connectivity index (χ1n) is 6.08. The molecule has 1 unspecified atom stereocenters. The van der Waals surface area contributed by atoms with Crippen LogP contribution in [0.15, 0.2) is 11.4 Å². The molecule has 0 amide bonds. The van der Waals surface area contributed by atoms with E-state index >= 15 is 0 Å². The summed E-state index contributed by atoms with van der Waals surface area (Å²) in [5.74, 6) is 1.05. The molecule has 1 fully saturated rings. The first kappa shape index (κ1) is 11.2. The van der Waals surface area contributed by atoms with Crippen molar-refractivity contribution in [2.24, 2.45) is 5.92 Å². The molecule has 2 rings (SSSR count). The van der Waals surface area contributed by atoms with Gasteiger partial charge in [0.1, 0.15) is 0 Å². The van der Waals surface area contributed by atoms with Gasteiger partial charge in [-0.05, 0) is 49.2 Å². The molecule has 1 saturated carbocycles. The van der Waals surface area contributed by atoms with Crippen molar-refractivity contribution < 1.29 is 0 Å². The summed E-state index contributed by atoms with van der Waals surface area (Å²) in [6.45, 7) is 2.25. The largest absolute Gasteiger partial charge is 0.312 e. The standard InChI is InChI=1S/C13H21NS/c1-3-11-8-9-15-13(11)12(14-2)7-6-10-4-5-10/h8-10,12,14H,3-7H2,1-2H3. The van der Waals surface area contributed by atoms with Crippen molar-refractivity contribution in [2.75, 3.05) is 7.05 Å². The fourth-order valence-corrected chi connectivity index (χ4v) is 3.30. The lowest BCUT2D eigenvalue weighted by atomic mass is 10.0. The lowest BCUT2D eigenvalue weighted by Crippen LogP contribution is -2.16. The molecule has 0 saturated heterocycles. The molecule has 1 aliphatic rings. The second-order valence-corrected chi connectivity index (χ2v) is 5.47. The van der Waals surface area contributed by atoms with E-state index in [1.54, 1.807) is 4.88 Å². The summed E-state index contributed by atoms with van der Waals surface area (Å²) in [5, 5.41) is 5.70. The Hall–Kier alpha value is -0.340. The summed E-state index contributed by atoms with van der Waals surface area (Å²) in [6, 6.07) is 2.88. The fourth-order valence-electron chi connectivity index (χ4n) is 2.16. The van der Waals surface area contributed by atoms with Gasteiger partial charge in [0.2, 0.25) is 0 Å². The van der Waals surface area contributed by atoms with Crippen LogP contribution in [0.4, 0.5) is 0 Å². The average molecular weight is 223 g/mol. The van der Waals surface area contributed by atoms with Crippen LogP contribution in [0.25, 0.3) is 0 Å². The van der Waals surface area contributed by atoms with Crippen molar-refractivity contribution in [3.63, 3.8) is 0 Å². The summed E-state index contributed by atoms with van der Waals surface area (Å²) in [4.78, 5) is 1.57. The summed E-state index contributed by atoms with van der Waals surface area (Å²) < 4.78 is 0. The van der Waals surface area contributed by atoms with Gasteiger partial charge in [0.05, 0.1) is 0 Å². The van der Waals surface area contributed by atoms with E-state index in [2.05, 4.69) is 30.7 Å². The minimum absolute atomic E-state index is 0.598. The topological polar surface area (TPSA) is 12.0 Å². The lowest BCUT2D eigenvalue weighted by molar-refractivity contribution is 0.510. The normalized spacial score (nSPS) is 18.0. The van der Waals surface area contributed by atoms with Gasteiger partial charge in [-0.1, -0.05) is 19.8 Å². The van der Waals surface area contributed by atoms with E-state index in [-0.39, 0.29) is 0 Å². The molecule has 0 spiro atoms. The quantitative estimate of drug-likeness (QED) is 0.774. The molecule has 1 aliphatic carbocycles. The summed E-state index contributed by atoms with van der Waals surface area (Å²) in [7, 11) is 2.09. The van der Waals surface area contributed by atoms with Crippen LogP contribution in [0.2, 0.25) is 0 Å². The molecule has 0 aliphatic heterocycles. The van der Waals surface area contributed by atoms with Gasteiger partial charge in [0.15, 0.2) is 0 Å². The summed E-state index contributed by atoms with van der Waals surface area (Å²) in [5.41, 5.74) is 1.54. The summed E-state index contributed by atoms with van der Waals surface area (Å²) in [6.07, 6.45) is 6.84. The maximum atomic E-state index is 3.47. The zero-order valence-electron chi connectivity index (χ0n) is 9.75. The highest BCUT2D eigenvalue weighted by Crippen LogP contribution is 2.37. The molecular weight excluding hydrogens is 202 g/mol. The molecule has 1 nitrogen and oxygen atoms in total. The smallest absolute Gasteiger partial charge is 0.0415 e. The van der Waals surface area contributed by atoms with Gasteiger partial charge >= 0.3 is 0 Å². The molecular formula is C13H21NS. The Bertz CT molecular complexity index is 301. The van der Waals surface area contributed by atoms with Crippen molar-refractivity contribution in [3.05, 3.63) is 21.9 Å². The molecule has 1 N–H and O–H groups in total. The van der Waals surface area contributed by atoms with E-state index in [4.69, 9.17) is 0 Å². The number of nitrogens with one attached hydrogen (secondary N) is 1. The molecule has 0 bridgehead atoms. The third-order valence-electron chi connectivity index (χ3n) is 3.39. The van der Waals surface area contributed by atoms with E-state index in [9.17, 15) is 0 Å². The Kier molecular flexibility index (Phi) is 3.81. The van der Waals surface area contributed by atoms with Gasteiger partial charge < -0.3 is 5.32 Å². The van der Waals surface area contributed by atoms with E-state index in [0.717, 1.165) is 5.92 Å². The Morgan fingerprint density at radius 3 is 2.93 bits per heavy atom. The van der Waals surface area contributed by atoms with Crippen molar-refractivity contribution in [1.82, 2.24) is 5.32 Å². The van der Waals surface area contributed by atoms with Crippen LogP contribution < -0.4 is 5.32 Å². The number of rotatable bonds is 6. The zero-order chi connectivity index (χ0) is 10.7. The third kappa shape index (κ3) is 2.82. The van der Waals surface area contributed by atoms with Crippen LogP contribution in [0.5, 0.6) is 0 Å². The predicted octanol–water partition coefficient (Wildman–Crippen LogP) is 3.76. The van der Waals surface area contributed by atoms with E-state index in [0.29, 0.717) is 6.04 Å². The number of hydrogen-bond donors (Lipinski definition) is 1. The average Bonchev–Trinajstić information content (AvgIpc) is 2.96. The molecule has 2 heteroatoms. The predicted molar refractivity (Wildman–Crippen MR) is 67.5 cm³/mol. The zero-order valence-corrected chi connectivity index (χ0v) is 10.6. The first-order chi connectivity index (χ1) is 7.35. The van der Waals surface area contributed by atoms with Crippen molar-refractivity contribution in [2.45, 2.75) is 45.1 Å². The molecule has 84 valence electrons. The van der Waals surface area contributed by atoms with E-state index in [1.807, 2.05) is 11.3 Å². The van der Waals surface area contributed by atoms with Crippen LogP contribution in [0, 0.1) is 5.92 Å². The molecule has 1 heterocycles. The highest BCUT2D eigenvalue weighted by molar-refractivity contribution is 7.10. The SMILES string of the molecule is CCc1ccsc1C(CCC1CC1)NC. The monoisotopic (exact) mass is 223 g/mol. The molecule has 0 aromatic carbocycles. The molecule has 0 radical (unpaired) electrons. The van der Waals surface area contributed by atoms with Crippen LogP contribution in [0.3, 0.4) is 0 Å². The Labute approximate surface area is 96.9 Å². The van der Waals surface area contributed by atoms with Crippen molar-refractivity contribution in [1.29, 1.82) is 0 Å². The number of thiophene rings is 1. The van der Waals surface area contributed by atoms with Gasteiger partial charge in [-0.25, -0.2) is 0 Å². The molecule has 1 aromatic heterocycles. The highest BCUT2D eigenvalue weighted by Gasteiger charge is 2.23. The van der Waals surface area contributed by atoms with Gasteiger partial charge in [-0.15, -0.1) is 11.3 Å². The number of hydrogen-bond acceptors (Lipinski definition) is 2. The second-order valence-electron chi connectivity index (χ2n) is 4.53. The van der Waals surface area contributed by atoms with Crippen LogP contribution in [0.1, 0.15) is 49.1 Å². The van der Waals surface area contributed by atoms with Gasteiger partial charge in [0.25, 0.3) is 0 Å². The van der Waals surface area contributed by atoms with Gasteiger partial charge in [-0.3, -0.25) is 0 Å². The second kappa shape index (κ2) is 5.13. The van der Waals surface area contributed by atoms with Crippen LogP contribution in [-0.4, -0.2) is 7.05 Å². The Balaban J connectivity index is 1.97. The number of aryl methyl sites for hydroxylation is 1. The van der Waals surface area contributed by atoms with Crippen molar-refractivity contribution in [3.8, 4) is 0 Å². The molecule has 1 atom stereocenters. The molecule has 1 aromatic rings. The van der Waals surface area contributed by atoms with Crippen LogP contribution in [-0.2, 0) is 6.42 Å². The van der Waals surface area contributed by atoms with Gasteiger partial charge in [-0.2, -0.15) is 0 Å². The minimum Gasteiger partial charge on any atom is -0.312 e. The Morgan fingerprint density at radius 1 is 1.53 bits per heavy atom. The summed E-state index contributed by atoms with van der Waals surface area (Å²) >= 11 is 1.92. The highest BCUT2D eigenvalue weighted by atomic mass is 32.1. The van der Waals surface area contributed by atoms with Crippen LogP contribution >= 0.6 is 11.3 Å². The third-order valence-corrected chi connectivity index (χ3v) is 4.46. The van der Waals surface area contributed by atoms with E-state index in [1.165, 1.54) is 37.7 Å². The molecule has 15 heavy (non-hydrogen) atoms.